The summed E-state index contributed by atoms with van der Waals surface area (Å²) in [6.07, 6.45) is 0.253. The van der Waals surface area contributed by atoms with E-state index in [1.807, 2.05) is 0 Å². The van der Waals surface area contributed by atoms with Crippen LogP contribution < -0.4 is 9.47 Å². The highest BCUT2D eigenvalue weighted by Crippen LogP contribution is 2.42. The molecule has 0 unspecified atom stereocenters. The number of benzene rings is 1. The third-order valence-corrected chi connectivity index (χ3v) is 2.85. The van der Waals surface area contributed by atoms with Gasteiger partial charge < -0.3 is 14.6 Å². The van der Waals surface area contributed by atoms with Gasteiger partial charge in [0.05, 0.1) is 4.47 Å². The quantitative estimate of drug-likeness (QED) is 0.885. The predicted octanol–water partition coefficient (Wildman–Crippen LogP) is 1.85. The second kappa shape index (κ2) is 3.74. The molecule has 0 radical (unpaired) electrons. The summed E-state index contributed by atoms with van der Waals surface area (Å²) in [5.74, 6) is 0.515. The molecule has 1 N–H and O–H groups in total. The van der Waals surface area contributed by atoms with E-state index in [2.05, 4.69) is 15.9 Å². The molecule has 0 fully saturated rings. The number of halogens is 2. The van der Waals surface area contributed by atoms with Gasteiger partial charge in [-0.2, -0.15) is 0 Å². The number of ether oxygens (including phenoxy) is 2. The van der Waals surface area contributed by atoms with Crippen molar-refractivity contribution in [3.05, 3.63) is 21.9 Å². The van der Waals surface area contributed by atoms with Gasteiger partial charge in [0.1, 0.15) is 5.82 Å². The molecule has 0 bridgehead atoms. The fourth-order valence-electron chi connectivity index (χ4n) is 1.35. The van der Waals surface area contributed by atoms with Gasteiger partial charge in [-0.3, -0.25) is 0 Å². The van der Waals surface area contributed by atoms with Crippen molar-refractivity contribution in [3.63, 3.8) is 0 Å². The van der Waals surface area contributed by atoms with Crippen LogP contribution in [0.15, 0.2) is 10.5 Å². The van der Waals surface area contributed by atoms with Gasteiger partial charge in [-0.05, 0) is 22.4 Å². The summed E-state index contributed by atoms with van der Waals surface area (Å²) in [5, 5.41) is 8.76. The highest BCUT2D eigenvalue weighted by Gasteiger charge is 2.22. The van der Waals surface area contributed by atoms with E-state index < -0.39 is 5.82 Å². The molecule has 1 aliphatic rings. The number of hydrogen-bond acceptors (Lipinski definition) is 3. The lowest BCUT2D eigenvalue weighted by molar-refractivity contribution is 0.173. The largest absolute Gasteiger partial charge is 0.453 e. The highest BCUT2D eigenvalue weighted by molar-refractivity contribution is 9.10. The molecular formula is C9H8BrFO3. The Hall–Kier alpha value is -0.810. The van der Waals surface area contributed by atoms with Gasteiger partial charge in [0, 0.05) is 18.2 Å². The predicted molar refractivity (Wildman–Crippen MR) is 51.0 cm³/mol. The van der Waals surface area contributed by atoms with Crippen LogP contribution in [0.5, 0.6) is 11.5 Å². The molecule has 0 spiro atoms. The van der Waals surface area contributed by atoms with Crippen molar-refractivity contribution in [3.8, 4) is 11.5 Å². The monoisotopic (exact) mass is 262 g/mol. The lowest BCUT2D eigenvalue weighted by Gasteiger charge is -2.07. The summed E-state index contributed by atoms with van der Waals surface area (Å²) in [7, 11) is 0. The van der Waals surface area contributed by atoms with Crippen molar-refractivity contribution in [2.45, 2.75) is 6.42 Å². The van der Waals surface area contributed by atoms with Crippen molar-refractivity contribution in [1.82, 2.24) is 0 Å². The van der Waals surface area contributed by atoms with E-state index in [9.17, 15) is 4.39 Å². The Morgan fingerprint density at radius 1 is 1.50 bits per heavy atom. The number of hydrogen-bond donors (Lipinski definition) is 1. The Morgan fingerprint density at radius 3 is 3.00 bits per heavy atom. The van der Waals surface area contributed by atoms with Crippen LogP contribution in [0.25, 0.3) is 0 Å². The molecular weight excluding hydrogens is 255 g/mol. The van der Waals surface area contributed by atoms with Crippen LogP contribution in [0.4, 0.5) is 4.39 Å². The van der Waals surface area contributed by atoms with Crippen molar-refractivity contribution < 1.29 is 19.0 Å². The maximum Gasteiger partial charge on any atom is 0.231 e. The number of fused-ring (bicyclic) bond motifs is 1. The SMILES string of the molecule is OCCc1c(F)cc2c(c1Br)OCO2. The van der Waals surface area contributed by atoms with E-state index in [1.54, 1.807) is 0 Å². The highest BCUT2D eigenvalue weighted by atomic mass is 79.9. The first-order valence-electron chi connectivity index (χ1n) is 4.11. The van der Waals surface area contributed by atoms with Gasteiger partial charge in [0.15, 0.2) is 11.5 Å². The molecule has 14 heavy (non-hydrogen) atoms. The average Bonchev–Trinajstić information content (AvgIpc) is 2.60. The van der Waals surface area contributed by atoms with Gasteiger partial charge in [-0.1, -0.05) is 0 Å². The Bertz CT molecular complexity index is 368. The summed E-state index contributed by atoms with van der Waals surface area (Å²) in [5.41, 5.74) is 0.414. The van der Waals surface area contributed by atoms with Crippen molar-refractivity contribution in [2.75, 3.05) is 13.4 Å². The maximum absolute atomic E-state index is 13.4. The molecule has 0 saturated carbocycles. The third kappa shape index (κ3) is 1.46. The normalized spacial score (nSPS) is 13.4. The molecule has 1 aromatic carbocycles. The zero-order chi connectivity index (χ0) is 10.1. The number of aliphatic hydroxyl groups excluding tert-OH is 1. The second-order valence-corrected chi connectivity index (χ2v) is 3.65. The standard InChI is InChI=1S/C9H8BrFO3/c10-8-5(1-2-12)6(11)3-7-9(8)14-4-13-7/h3,12H,1-2,4H2. The smallest absolute Gasteiger partial charge is 0.231 e. The molecule has 1 aromatic rings. The van der Waals surface area contributed by atoms with Crippen molar-refractivity contribution in [2.24, 2.45) is 0 Å². The molecule has 0 amide bonds. The van der Waals surface area contributed by atoms with Crippen molar-refractivity contribution in [1.29, 1.82) is 0 Å². The number of rotatable bonds is 2. The fraction of sp³-hybridized carbons (Fsp3) is 0.333. The van der Waals surface area contributed by atoms with E-state index >= 15 is 0 Å². The van der Waals surface area contributed by atoms with E-state index in [0.717, 1.165) is 0 Å². The Morgan fingerprint density at radius 2 is 2.29 bits per heavy atom. The van der Waals surface area contributed by atoms with Crippen LogP contribution in [0.1, 0.15) is 5.56 Å². The summed E-state index contributed by atoms with van der Waals surface area (Å²) >= 11 is 3.23. The van der Waals surface area contributed by atoms with Crippen LogP contribution in [0.3, 0.4) is 0 Å². The zero-order valence-corrected chi connectivity index (χ0v) is 8.80. The lowest BCUT2D eigenvalue weighted by Crippen LogP contribution is -1.97. The molecule has 1 heterocycles. The van der Waals surface area contributed by atoms with Crippen LogP contribution in [0.2, 0.25) is 0 Å². The minimum Gasteiger partial charge on any atom is -0.453 e. The molecule has 1 aliphatic heterocycles. The topological polar surface area (TPSA) is 38.7 Å². The lowest BCUT2D eigenvalue weighted by atomic mass is 10.1. The van der Waals surface area contributed by atoms with Crippen LogP contribution >= 0.6 is 15.9 Å². The van der Waals surface area contributed by atoms with Crippen LogP contribution in [-0.2, 0) is 6.42 Å². The second-order valence-electron chi connectivity index (χ2n) is 2.86. The minimum absolute atomic E-state index is 0.102. The van der Waals surface area contributed by atoms with Crippen molar-refractivity contribution >= 4 is 15.9 Å². The molecule has 0 aromatic heterocycles. The summed E-state index contributed by atoms with van der Waals surface area (Å²) < 4.78 is 24.1. The number of aliphatic hydroxyl groups is 1. The third-order valence-electron chi connectivity index (χ3n) is 2.01. The summed E-state index contributed by atoms with van der Waals surface area (Å²) in [6, 6.07) is 1.28. The Labute approximate surface area is 88.6 Å². The van der Waals surface area contributed by atoms with Gasteiger partial charge in [-0.25, -0.2) is 4.39 Å². The molecule has 0 aliphatic carbocycles. The summed E-state index contributed by atoms with van der Waals surface area (Å²) in [6.45, 7) is 0.00507. The molecule has 76 valence electrons. The van der Waals surface area contributed by atoms with Crippen LogP contribution in [-0.4, -0.2) is 18.5 Å². The molecule has 0 atom stereocenters. The fourth-order valence-corrected chi connectivity index (χ4v) is 2.05. The van der Waals surface area contributed by atoms with Gasteiger partial charge >= 0.3 is 0 Å². The average molecular weight is 263 g/mol. The zero-order valence-electron chi connectivity index (χ0n) is 7.22. The summed E-state index contributed by atoms with van der Waals surface area (Å²) in [4.78, 5) is 0. The first-order chi connectivity index (χ1) is 6.74. The van der Waals surface area contributed by atoms with Gasteiger partial charge in [0.25, 0.3) is 0 Å². The molecule has 3 nitrogen and oxygen atoms in total. The first-order valence-corrected chi connectivity index (χ1v) is 4.90. The molecule has 2 rings (SSSR count). The Kier molecular flexibility index (Phi) is 2.60. The van der Waals surface area contributed by atoms with E-state index in [1.165, 1.54) is 6.07 Å². The van der Waals surface area contributed by atoms with E-state index in [4.69, 9.17) is 14.6 Å². The first kappa shape index (κ1) is 9.73. The van der Waals surface area contributed by atoms with Gasteiger partial charge in [0.2, 0.25) is 6.79 Å². The molecule has 0 saturated heterocycles. The minimum atomic E-state index is -0.393. The maximum atomic E-state index is 13.4. The molecule has 5 heteroatoms. The van der Waals surface area contributed by atoms with Gasteiger partial charge in [-0.15, -0.1) is 0 Å². The van der Waals surface area contributed by atoms with E-state index in [-0.39, 0.29) is 19.8 Å². The Balaban J connectivity index is 2.51. The van der Waals surface area contributed by atoms with E-state index in [0.29, 0.717) is 21.5 Å². The van der Waals surface area contributed by atoms with Crippen LogP contribution in [0, 0.1) is 5.82 Å².